The van der Waals surface area contributed by atoms with E-state index in [1.54, 1.807) is 0 Å². The van der Waals surface area contributed by atoms with Gasteiger partial charge in [-0.15, -0.1) is 0 Å². The number of nitrogens with one attached hydrogen (secondary N) is 1. The number of para-hydroxylation sites is 1. The molecule has 0 unspecified atom stereocenters. The van der Waals surface area contributed by atoms with Crippen molar-refractivity contribution < 1.29 is 0 Å². The van der Waals surface area contributed by atoms with E-state index in [2.05, 4.69) is 147 Å². The van der Waals surface area contributed by atoms with Gasteiger partial charge in [0.15, 0.2) is 5.84 Å². The number of amidine groups is 2. The second-order valence-corrected chi connectivity index (χ2v) is 15.8. The standard InChI is InChI=1S/C50H45N5.C3H8.3C2H6/c1-4-39-46-40-25-11-14-28-44(40)55(45(46)31-42-47(39)53-43-27-13-12-26-41(43)50(42,2)3)38-24-16-22-36(30-38)35-21-15-23-37(29-35)48(51)54-49(34-19-9-6-10-20-34)52-32-33-17-7-5-8-18-33;1-3-2;3*1-2/h4,6-7,9-11,14-31,53H,1,5,8,12-13,32H2,2-3H3,(H2,51,52,54);3H2,1-2H3;3*1-2H3. The summed E-state index contributed by atoms with van der Waals surface area (Å²) in [6.07, 6.45) is 18.9. The number of allylic oxidation sites excluding steroid dienone is 5. The minimum Gasteiger partial charge on any atom is -0.383 e. The quantitative estimate of drug-likeness (QED) is 0.124. The SMILES string of the molecule is C=Cc1c2c(cc3c1c1ccccc1n3-c1cccc(-c3cccc(C(N)=NC(=NCC4=CCCC=C4)c4ccccc4)c3)c1)C(C)(C)C1=CCCC=C1N2.CC.CC.CC.CCC. The zero-order chi connectivity index (χ0) is 46.2. The molecule has 0 fully saturated rings. The van der Waals surface area contributed by atoms with E-state index in [0.717, 1.165) is 70.4 Å². The van der Waals surface area contributed by atoms with Gasteiger partial charge >= 0.3 is 0 Å². The van der Waals surface area contributed by atoms with Gasteiger partial charge in [0.25, 0.3) is 0 Å². The Labute approximate surface area is 384 Å². The number of anilines is 1. The molecule has 2 aliphatic carbocycles. The molecule has 3 aliphatic rings. The highest BCUT2D eigenvalue weighted by atomic mass is 15.0. The molecule has 332 valence electrons. The molecule has 0 spiro atoms. The largest absolute Gasteiger partial charge is 0.383 e. The molecule has 0 amide bonds. The molecule has 1 aliphatic heterocycles. The molecule has 5 nitrogen and oxygen atoms in total. The predicted octanol–water partition coefficient (Wildman–Crippen LogP) is 16.3. The number of nitrogens with zero attached hydrogens (tertiary/aromatic N) is 3. The fraction of sp³-hybridized carbons (Fsp3) is 0.288. The summed E-state index contributed by atoms with van der Waals surface area (Å²) in [5.74, 6) is 1.06. The molecule has 5 aromatic carbocycles. The number of fused-ring (bicyclic) bond motifs is 5. The number of benzene rings is 5. The number of aromatic nitrogens is 1. The van der Waals surface area contributed by atoms with Gasteiger partial charge in [-0.05, 0) is 83.9 Å². The van der Waals surface area contributed by atoms with Crippen LogP contribution in [0.5, 0.6) is 0 Å². The van der Waals surface area contributed by atoms with E-state index in [9.17, 15) is 0 Å². The second kappa shape index (κ2) is 23.3. The average molecular weight is 850 g/mol. The Bertz CT molecular complexity index is 2710. The maximum atomic E-state index is 6.78. The summed E-state index contributed by atoms with van der Waals surface area (Å²) in [5, 5.41) is 6.26. The Morgan fingerprint density at radius 1 is 0.734 bits per heavy atom. The Hall–Kier alpha value is -6.46. The van der Waals surface area contributed by atoms with Crippen molar-refractivity contribution in [2.24, 2.45) is 15.7 Å². The summed E-state index contributed by atoms with van der Waals surface area (Å²) in [7, 11) is 0. The van der Waals surface area contributed by atoms with Crippen LogP contribution in [0.1, 0.15) is 124 Å². The van der Waals surface area contributed by atoms with Crippen LogP contribution in [0.4, 0.5) is 5.69 Å². The van der Waals surface area contributed by atoms with E-state index in [1.165, 1.54) is 45.1 Å². The lowest BCUT2D eigenvalue weighted by molar-refractivity contribution is 0.613. The zero-order valence-corrected chi connectivity index (χ0v) is 40.2. The van der Waals surface area contributed by atoms with Gasteiger partial charge in [-0.3, -0.25) is 4.99 Å². The van der Waals surface area contributed by atoms with Crippen LogP contribution >= 0.6 is 0 Å². The van der Waals surface area contributed by atoms with Gasteiger partial charge in [-0.2, -0.15) is 0 Å². The molecular formula is C59H71N5. The number of aliphatic imine (C=N–C) groups is 2. The highest BCUT2D eigenvalue weighted by Gasteiger charge is 2.37. The van der Waals surface area contributed by atoms with Gasteiger partial charge in [-0.1, -0.05) is 198 Å². The summed E-state index contributed by atoms with van der Waals surface area (Å²) >= 11 is 0. The van der Waals surface area contributed by atoms with E-state index in [1.807, 2.05) is 84.0 Å². The number of hydrogen-bond acceptors (Lipinski definition) is 2. The van der Waals surface area contributed by atoms with Crippen LogP contribution in [0.15, 0.2) is 173 Å². The highest BCUT2D eigenvalue weighted by molar-refractivity contribution is 6.16. The van der Waals surface area contributed by atoms with Crippen LogP contribution < -0.4 is 11.1 Å². The van der Waals surface area contributed by atoms with Crippen LogP contribution in [0, 0.1) is 0 Å². The van der Waals surface area contributed by atoms with Crippen molar-refractivity contribution in [3.63, 3.8) is 0 Å². The van der Waals surface area contributed by atoms with Crippen molar-refractivity contribution in [1.29, 1.82) is 0 Å². The first-order valence-electron chi connectivity index (χ1n) is 23.7. The van der Waals surface area contributed by atoms with Crippen molar-refractivity contribution >= 4 is 45.2 Å². The molecular weight excluding hydrogens is 779 g/mol. The van der Waals surface area contributed by atoms with Crippen LogP contribution in [0.25, 0.3) is 44.7 Å². The normalized spacial score (nSPS) is 14.8. The van der Waals surface area contributed by atoms with Crippen molar-refractivity contribution in [3.8, 4) is 16.8 Å². The molecule has 6 aromatic rings. The summed E-state index contributed by atoms with van der Waals surface area (Å²) < 4.78 is 2.41. The molecule has 0 atom stereocenters. The molecule has 9 rings (SSSR count). The van der Waals surface area contributed by atoms with Gasteiger partial charge in [0.05, 0.1) is 23.3 Å². The summed E-state index contributed by atoms with van der Waals surface area (Å²) in [6, 6.07) is 38.3. The monoisotopic (exact) mass is 850 g/mol. The van der Waals surface area contributed by atoms with Gasteiger partial charge < -0.3 is 15.6 Å². The first-order chi connectivity index (χ1) is 31.3. The smallest absolute Gasteiger partial charge is 0.157 e. The van der Waals surface area contributed by atoms with Crippen LogP contribution in [0.2, 0.25) is 0 Å². The van der Waals surface area contributed by atoms with Gasteiger partial charge in [0.2, 0.25) is 0 Å². The molecule has 1 aromatic heterocycles. The molecule has 64 heavy (non-hydrogen) atoms. The number of rotatable bonds is 7. The van der Waals surface area contributed by atoms with E-state index < -0.39 is 0 Å². The molecule has 3 N–H and O–H groups in total. The second-order valence-electron chi connectivity index (χ2n) is 15.8. The Morgan fingerprint density at radius 3 is 2.08 bits per heavy atom. The molecule has 0 saturated heterocycles. The van der Waals surface area contributed by atoms with Gasteiger partial charge in [-0.25, -0.2) is 4.99 Å². The highest BCUT2D eigenvalue weighted by Crippen LogP contribution is 2.51. The molecule has 0 radical (unpaired) electrons. The third kappa shape index (κ3) is 10.3. The number of nitrogens with two attached hydrogens (primary N) is 1. The average Bonchev–Trinajstić information content (AvgIpc) is 3.69. The third-order valence-electron chi connectivity index (χ3n) is 11.3. The maximum Gasteiger partial charge on any atom is 0.157 e. The lowest BCUT2D eigenvalue weighted by Crippen LogP contribution is -2.31. The van der Waals surface area contributed by atoms with Crippen LogP contribution in [-0.4, -0.2) is 22.8 Å². The van der Waals surface area contributed by atoms with Crippen LogP contribution in [-0.2, 0) is 5.41 Å². The van der Waals surface area contributed by atoms with Crippen molar-refractivity contribution in [3.05, 3.63) is 185 Å². The first kappa shape index (κ1) is 48.6. The molecule has 0 bridgehead atoms. The minimum absolute atomic E-state index is 0.168. The maximum absolute atomic E-state index is 6.78. The topological polar surface area (TPSA) is 67.7 Å². The van der Waals surface area contributed by atoms with E-state index >= 15 is 0 Å². The molecule has 0 saturated carbocycles. The first-order valence-corrected chi connectivity index (χ1v) is 23.7. The van der Waals surface area contributed by atoms with E-state index in [-0.39, 0.29) is 5.41 Å². The Kier molecular flexibility index (Phi) is 17.7. The lowest BCUT2D eigenvalue weighted by atomic mass is 9.70. The minimum atomic E-state index is -0.168. The summed E-state index contributed by atoms with van der Waals surface area (Å²) in [5.41, 5.74) is 21.4. The Balaban J connectivity index is 0.000000803. The van der Waals surface area contributed by atoms with Crippen molar-refractivity contribution in [2.45, 2.75) is 107 Å². The predicted molar refractivity (Wildman–Crippen MR) is 283 cm³/mol. The fourth-order valence-electron chi connectivity index (χ4n) is 8.52. The number of hydrogen-bond donors (Lipinski definition) is 2. The molecule has 2 heterocycles. The third-order valence-corrected chi connectivity index (χ3v) is 11.3. The van der Waals surface area contributed by atoms with Gasteiger partial charge in [0.1, 0.15) is 5.84 Å². The molecule has 5 heteroatoms. The lowest BCUT2D eigenvalue weighted by Gasteiger charge is -2.40. The fourth-order valence-corrected chi connectivity index (χ4v) is 8.52. The van der Waals surface area contributed by atoms with E-state index in [0.29, 0.717) is 18.2 Å². The summed E-state index contributed by atoms with van der Waals surface area (Å²) in [4.78, 5) is 9.85. The Morgan fingerprint density at radius 2 is 1.38 bits per heavy atom. The van der Waals surface area contributed by atoms with E-state index in [4.69, 9.17) is 15.7 Å². The van der Waals surface area contributed by atoms with Crippen molar-refractivity contribution in [2.75, 3.05) is 11.9 Å². The van der Waals surface area contributed by atoms with Crippen LogP contribution in [0.3, 0.4) is 0 Å². The summed E-state index contributed by atoms with van der Waals surface area (Å²) in [6.45, 7) is 25.9. The van der Waals surface area contributed by atoms with Crippen molar-refractivity contribution in [1.82, 2.24) is 4.57 Å². The van der Waals surface area contributed by atoms with Gasteiger partial charge in [0, 0.05) is 44.3 Å². The zero-order valence-electron chi connectivity index (χ0n) is 40.2.